The van der Waals surface area contributed by atoms with Gasteiger partial charge in [0.05, 0.1) is 29.7 Å². The van der Waals surface area contributed by atoms with Crippen molar-refractivity contribution in [1.82, 2.24) is 4.90 Å². The summed E-state index contributed by atoms with van der Waals surface area (Å²) >= 11 is 1.40. The minimum Gasteiger partial charge on any atom is -0.496 e. The molecule has 0 bridgehead atoms. The maximum absolute atomic E-state index is 13.2. The van der Waals surface area contributed by atoms with Crippen LogP contribution in [0, 0.1) is 0 Å². The molecule has 0 saturated carbocycles. The molecular formula is C25H24N2O4S. The number of fused-ring (bicyclic) bond motifs is 1. The summed E-state index contributed by atoms with van der Waals surface area (Å²) in [7, 11) is 1.61. The number of hydrogen-bond acceptors (Lipinski definition) is 6. The van der Waals surface area contributed by atoms with E-state index in [1.54, 1.807) is 18.9 Å². The van der Waals surface area contributed by atoms with Crippen LogP contribution in [0.25, 0.3) is 6.08 Å². The smallest absolute Gasteiger partial charge is 0.338 e. The molecule has 2 aromatic rings. The molecule has 0 aromatic heterocycles. The molecule has 2 aromatic carbocycles. The van der Waals surface area contributed by atoms with Gasteiger partial charge < -0.3 is 9.47 Å². The van der Waals surface area contributed by atoms with Gasteiger partial charge in [-0.05, 0) is 25.5 Å². The Morgan fingerprint density at radius 1 is 1.16 bits per heavy atom. The van der Waals surface area contributed by atoms with Crippen molar-refractivity contribution in [2.75, 3.05) is 7.11 Å². The molecule has 2 heterocycles. The molecule has 2 atom stereocenters. The molecule has 2 aliphatic heterocycles. The van der Waals surface area contributed by atoms with Crippen molar-refractivity contribution in [2.45, 2.75) is 31.7 Å². The Hall–Kier alpha value is -3.32. The van der Waals surface area contributed by atoms with Gasteiger partial charge in [-0.3, -0.25) is 9.69 Å². The first-order valence-electron chi connectivity index (χ1n) is 10.3. The topological polar surface area (TPSA) is 68.2 Å². The fourth-order valence-corrected chi connectivity index (χ4v) is 4.73. The van der Waals surface area contributed by atoms with E-state index in [4.69, 9.17) is 9.47 Å². The number of amides is 1. The average molecular weight is 449 g/mol. The molecule has 6 nitrogen and oxygen atoms in total. The summed E-state index contributed by atoms with van der Waals surface area (Å²) in [6, 6.07) is 16.5. The van der Waals surface area contributed by atoms with E-state index in [-0.39, 0.29) is 17.8 Å². The Kier molecular flexibility index (Phi) is 6.46. The second-order valence-electron chi connectivity index (χ2n) is 7.47. The number of carbonyl (C=O) groups is 2. The Labute approximate surface area is 191 Å². The monoisotopic (exact) mass is 448 g/mol. The second-order valence-corrected chi connectivity index (χ2v) is 8.78. The predicted octanol–water partition coefficient (Wildman–Crippen LogP) is 4.43. The minimum atomic E-state index is -0.611. The first kappa shape index (κ1) is 21.9. The maximum Gasteiger partial charge on any atom is 0.338 e. The highest BCUT2D eigenvalue weighted by molar-refractivity contribution is 8.15. The molecule has 2 aliphatic rings. The Balaban J connectivity index is 1.67. The summed E-state index contributed by atoms with van der Waals surface area (Å²) in [5, 5.41) is 0.345. The Bertz CT molecular complexity index is 1120. The number of para-hydroxylation sites is 1. The van der Waals surface area contributed by atoms with Crippen LogP contribution in [0.5, 0.6) is 5.75 Å². The lowest BCUT2D eigenvalue weighted by Gasteiger charge is -2.30. The summed E-state index contributed by atoms with van der Waals surface area (Å²) in [4.78, 5) is 32.2. The Morgan fingerprint density at radius 3 is 2.62 bits per heavy atom. The number of esters is 1. The standard InChI is InChI=1S/C25H24N2O4S/c1-16-22(24(29)31-15-18-9-5-4-6-10-18)20(27-23(28)17(2)32-25(27)26-16)14-13-19-11-7-8-12-21(19)30-3/h4-14,17,20H,15H2,1-3H3/b14-13+. The van der Waals surface area contributed by atoms with Gasteiger partial charge in [-0.15, -0.1) is 0 Å². The van der Waals surface area contributed by atoms with Crippen molar-refractivity contribution in [2.24, 2.45) is 4.99 Å². The van der Waals surface area contributed by atoms with E-state index in [0.717, 1.165) is 11.1 Å². The number of aliphatic imine (C=N–C) groups is 1. The van der Waals surface area contributed by atoms with E-state index in [2.05, 4.69) is 4.99 Å². The molecule has 4 rings (SSSR count). The number of ether oxygens (including phenoxy) is 2. The van der Waals surface area contributed by atoms with Crippen LogP contribution in [-0.2, 0) is 20.9 Å². The Morgan fingerprint density at radius 2 is 1.88 bits per heavy atom. The lowest BCUT2D eigenvalue weighted by molar-refractivity contribution is -0.141. The van der Waals surface area contributed by atoms with Crippen molar-refractivity contribution in [3.8, 4) is 5.75 Å². The van der Waals surface area contributed by atoms with Gasteiger partial charge in [-0.2, -0.15) is 0 Å². The van der Waals surface area contributed by atoms with E-state index in [0.29, 0.717) is 22.2 Å². The van der Waals surface area contributed by atoms with Gasteiger partial charge >= 0.3 is 5.97 Å². The number of methoxy groups -OCH3 is 1. The highest BCUT2D eigenvalue weighted by Gasteiger charge is 2.44. The van der Waals surface area contributed by atoms with E-state index >= 15 is 0 Å². The van der Waals surface area contributed by atoms with Gasteiger partial charge in [0.25, 0.3) is 0 Å². The number of allylic oxidation sites excluding steroid dienone is 1. The average Bonchev–Trinajstić information content (AvgIpc) is 3.09. The minimum absolute atomic E-state index is 0.0794. The molecule has 32 heavy (non-hydrogen) atoms. The van der Waals surface area contributed by atoms with Crippen molar-refractivity contribution in [3.05, 3.63) is 83.1 Å². The van der Waals surface area contributed by atoms with Crippen molar-refractivity contribution in [1.29, 1.82) is 0 Å². The number of nitrogens with zero attached hydrogens (tertiary/aromatic N) is 2. The van der Waals surface area contributed by atoms with Crippen LogP contribution < -0.4 is 4.74 Å². The summed E-state index contributed by atoms with van der Waals surface area (Å²) in [5.41, 5.74) is 2.65. The zero-order chi connectivity index (χ0) is 22.7. The third kappa shape index (κ3) is 4.34. The lowest BCUT2D eigenvalue weighted by atomic mass is 10.00. The van der Waals surface area contributed by atoms with Crippen LogP contribution >= 0.6 is 11.8 Å². The number of amidine groups is 1. The zero-order valence-electron chi connectivity index (χ0n) is 18.1. The fourth-order valence-electron chi connectivity index (χ4n) is 3.69. The molecule has 7 heteroatoms. The molecular weight excluding hydrogens is 424 g/mol. The molecule has 1 fully saturated rings. The van der Waals surface area contributed by atoms with E-state index in [1.807, 2.05) is 73.7 Å². The number of rotatable bonds is 6. The summed E-state index contributed by atoms with van der Waals surface area (Å²) < 4.78 is 11.0. The molecule has 0 N–H and O–H groups in total. The first-order valence-corrected chi connectivity index (χ1v) is 11.2. The lowest BCUT2D eigenvalue weighted by Crippen LogP contribution is -2.45. The van der Waals surface area contributed by atoms with E-state index < -0.39 is 12.0 Å². The van der Waals surface area contributed by atoms with Crippen LogP contribution in [0.15, 0.2) is 76.9 Å². The normalized spacial score (nSPS) is 20.4. The van der Waals surface area contributed by atoms with Crippen LogP contribution in [0.1, 0.15) is 25.0 Å². The van der Waals surface area contributed by atoms with Gasteiger partial charge in [0.15, 0.2) is 5.17 Å². The quantitative estimate of drug-likeness (QED) is 0.612. The fraction of sp³-hybridized carbons (Fsp3) is 0.240. The van der Waals surface area contributed by atoms with E-state index in [9.17, 15) is 9.59 Å². The van der Waals surface area contributed by atoms with Gasteiger partial charge in [0.2, 0.25) is 5.91 Å². The van der Waals surface area contributed by atoms with Gasteiger partial charge in [0.1, 0.15) is 12.4 Å². The number of benzene rings is 2. The maximum atomic E-state index is 13.2. The second kappa shape index (κ2) is 9.44. The highest BCUT2D eigenvalue weighted by atomic mass is 32.2. The molecule has 1 saturated heterocycles. The van der Waals surface area contributed by atoms with Gasteiger partial charge in [0, 0.05) is 5.56 Å². The third-order valence-corrected chi connectivity index (χ3v) is 6.38. The van der Waals surface area contributed by atoms with Crippen molar-refractivity contribution >= 4 is 34.9 Å². The summed E-state index contributed by atoms with van der Waals surface area (Å²) in [6.07, 6.45) is 3.71. The summed E-state index contributed by atoms with van der Waals surface area (Å²) in [6.45, 7) is 3.77. The van der Waals surface area contributed by atoms with Crippen molar-refractivity contribution in [3.63, 3.8) is 0 Å². The molecule has 0 spiro atoms. The van der Waals surface area contributed by atoms with Crippen LogP contribution in [0.2, 0.25) is 0 Å². The number of hydrogen-bond donors (Lipinski definition) is 0. The SMILES string of the molecule is COc1ccccc1/C=C/C1C(C(=O)OCc2ccccc2)=C(C)N=C2SC(C)C(=O)N21. The van der Waals surface area contributed by atoms with Crippen LogP contribution in [-0.4, -0.2) is 40.3 Å². The molecule has 1 amide bonds. The molecule has 0 aliphatic carbocycles. The molecule has 0 radical (unpaired) electrons. The van der Waals surface area contributed by atoms with Crippen LogP contribution in [0.4, 0.5) is 0 Å². The summed E-state index contributed by atoms with van der Waals surface area (Å²) in [5.74, 6) is 0.142. The molecule has 164 valence electrons. The largest absolute Gasteiger partial charge is 0.496 e. The number of thioether (sulfide) groups is 1. The van der Waals surface area contributed by atoms with Crippen molar-refractivity contribution < 1.29 is 19.1 Å². The van der Waals surface area contributed by atoms with Gasteiger partial charge in [-0.1, -0.05) is 72.4 Å². The van der Waals surface area contributed by atoms with E-state index in [1.165, 1.54) is 11.8 Å². The third-order valence-electron chi connectivity index (χ3n) is 5.33. The number of carbonyl (C=O) groups excluding carboxylic acids is 2. The van der Waals surface area contributed by atoms with Gasteiger partial charge in [-0.25, -0.2) is 9.79 Å². The van der Waals surface area contributed by atoms with Crippen LogP contribution in [0.3, 0.4) is 0 Å². The first-order chi connectivity index (χ1) is 15.5. The predicted molar refractivity (Wildman–Crippen MR) is 126 cm³/mol. The zero-order valence-corrected chi connectivity index (χ0v) is 19.0. The highest BCUT2D eigenvalue weighted by Crippen LogP contribution is 2.37. The molecule has 2 unspecified atom stereocenters.